The van der Waals surface area contributed by atoms with Crippen LogP contribution >= 0.6 is 11.8 Å². The van der Waals surface area contributed by atoms with Crippen molar-refractivity contribution in [1.29, 1.82) is 0 Å². The minimum absolute atomic E-state index is 0.00308. The van der Waals surface area contributed by atoms with Gasteiger partial charge in [0.15, 0.2) is 11.5 Å². The van der Waals surface area contributed by atoms with Gasteiger partial charge in [-0.2, -0.15) is 0 Å². The Morgan fingerprint density at radius 2 is 1.83 bits per heavy atom. The third kappa shape index (κ3) is 4.59. The van der Waals surface area contributed by atoms with Crippen molar-refractivity contribution in [1.82, 2.24) is 0 Å². The highest BCUT2D eigenvalue weighted by Gasteiger charge is 2.10. The predicted octanol–water partition coefficient (Wildman–Crippen LogP) is 3.71. The number of thioether (sulfide) groups is 1. The molecule has 0 heterocycles. The molecule has 0 saturated carbocycles. The van der Waals surface area contributed by atoms with E-state index < -0.39 is 11.6 Å². The average molecular weight is 339 g/mol. The number of hydrogen-bond acceptors (Lipinski definition) is 4. The lowest BCUT2D eigenvalue weighted by atomic mass is 10.2. The van der Waals surface area contributed by atoms with E-state index in [2.05, 4.69) is 5.32 Å². The van der Waals surface area contributed by atoms with Gasteiger partial charge >= 0.3 is 0 Å². The summed E-state index contributed by atoms with van der Waals surface area (Å²) in [5, 5.41) is 2.68. The molecule has 23 heavy (non-hydrogen) atoms. The molecule has 2 aromatic carbocycles. The van der Waals surface area contributed by atoms with Gasteiger partial charge in [0.1, 0.15) is 11.6 Å². The van der Waals surface area contributed by atoms with Gasteiger partial charge in [0, 0.05) is 22.7 Å². The minimum Gasteiger partial charge on any atom is -0.493 e. The number of carbonyl (C=O) groups excluding carboxylic acids is 1. The van der Waals surface area contributed by atoms with Crippen molar-refractivity contribution >= 4 is 23.4 Å². The van der Waals surface area contributed by atoms with Crippen LogP contribution in [-0.2, 0) is 4.79 Å². The molecule has 4 nitrogen and oxygen atoms in total. The molecule has 0 atom stereocenters. The predicted molar refractivity (Wildman–Crippen MR) is 85.3 cm³/mol. The molecule has 0 fully saturated rings. The molecule has 2 aromatic rings. The molecule has 122 valence electrons. The highest BCUT2D eigenvalue weighted by Crippen LogP contribution is 2.30. The van der Waals surface area contributed by atoms with E-state index in [1.807, 2.05) is 0 Å². The van der Waals surface area contributed by atoms with Crippen LogP contribution in [0, 0.1) is 11.6 Å². The Morgan fingerprint density at radius 3 is 2.48 bits per heavy atom. The number of methoxy groups -OCH3 is 2. The zero-order chi connectivity index (χ0) is 16.8. The molecule has 0 saturated heterocycles. The quantitative estimate of drug-likeness (QED) is 0.815. The van der Waals surface area contributed by atoms with Gasteiger partial charge in [-0.05, 0) is 24.3 Å². The fraction of sp³-hybridized carbons (Fsp3) is 0.188. The monoisotopic (exact) mass is 339 g/mol. The lowest BCUT2D eigenvalue weighted by molar-refractivity contribution is -0.113. The summed E-state index contributed by atoms with van der Waals surface area (Å²) in [6.07, 6.45) is 0. The Bertz CT molecular complexity index is 710. The van der Waals surface area contributed by atoms with Gasteiger partial charge in [-0.15, -0.1) is 11.8 Å². The highest BCUT2D eigenvalue weighted by atomic mass is 32.2. The van der Waals surface area contributed by atoms with Crippen LogP contribution < -0.4 is 14.8 Å². The van der Waals surface area contributed by atoms with Crippen LogP contribution in [0.4, 0.5) is 14.5 Å². The van der Waals surface area contributed by atoms with Crippen molar-refractivity contribution in [3.05, 3.63) is 48.0 Å². The Labute approximate surface area is 136 Å². The molecule has 0 aliphatic rings. The van der Waals surface area contributed by atoms with Crippen LogP contribution in [0.15, 0.2) is 41.3 Å². The van der Waals surface area contributed by atoms with Crippen molar-refractivity contribution < 1.29 is 23.0 Å². The van der Waals surface area contributed by atoms with Gasteiger partial charge in [0.05, 0.1) is 20.0 Å². The summed E-state index contributed by atoms with van der Waals surface area (Å²) in [6, 6.07) is 8.20. The summed E-state index contributed by atoms with van der Waals surface area (Å²) in [5.74, 6) is -0.617. The van der Waals surface area contributed by atoms with E-state index in [9.17, 15) is 13.6 Å². The van der Waals surface area contributed by atoms with E-state index >= 15 is 0 Å². The van der Waals surface area contributed by atoms with Gasteiger partial charge in [0.25, 0.3) is 0 Å². The Hall–Kier alpha value is -2.28. The molecule has 2 rings (SSSR count). The number of carbonyl (C=O) groups is 1. The third-order valence-electron chi connectivity index (χ3n) is 2.92. The average Bonchev–Trinajstić information content (AvgIpc) is 2.54. The number of hydrogen-bond donors (Lipinski definition) is 1. The maximum atomic E-state index is 13.5. The number of anilines is 1. The second-order valence-corrected chi connectivity index (χ2v) is 5.50. The second-order valence-electron chi connectivity index (χ2n) is 4.48. The molecular weight excluding hydrogens is 324 g/mol. The fourth-order valence-electron chi connectivity index (χ4n) is 1.85. The van der Waals surface area contributed by atoms with Crippen LogP contribution in [0.1, 0.15) is 0 Å². The van der Waals surface area contributed by atoms with Gasteiger partial charge in [-0.25, -0.2) is 8.78 Å². The lowest BCUT2D eigenvalue weighted by Gasteiger charge is -2.10. The molecule has 0 radical (unpaired) electrons. The first-order valence-electron chi connectivity index (χ1n) is 6.63. The first-order valence-corrected chi connectivity index (χ1v) is 7.61. The summed E-state index contributed by atoms with van der Waals surface area (Å²) in [6.45, 7) is 0. The maximum absolute atomic E-state index is 13.5. The topological polar surface area (TPSA) is 47.6 Å². The fourth-order valence-corrected chi connectivity index (χ4v) is 2.57. The maximum Gasteiger partial charge on any atom is 0.234 e. The van der Waals surface area contributed by atoms with Crippen molar-refractivity contribution in [2.45, 2.75) is 4.90 Å². The van der Waals surface area contributed by atoms with Crippen molar-refractivity contribution in [3.63, 3.8) is 0 Å². The molecule has 0 bridgehead atoms. The number of benzene rings is 2. The largest absolute Gasteiger partial charge is 0.493 e. The van der Waals surface area contributed by atoms with E-state index in [-0.39, 0.29) is 16.6 Å². The van der Waals surface area contributed by atoms with Crippen molar-refractivity contribution in [3.8, 4) is 11.5 Å². The summed E-state index contributed by atoms with van der Waals surface area (Å²) in [7, 11) is 3.01. The molecule has 0 aliphatic heterocycles. The van der Waals surface area contributed by atoms with E-state index in [1.165, 1.54) is 20.3 Å². The van der Waals surface area contributed by atoms with Crippen LogP contribution in [0.5, 0.6) is 11.5 Å². The Morgan fingerprint density at radius 1 is 1.09 bits per heavy atom. The van der Waals surface area contributed by atoms with E-state index in [4.69, 9.17) is 9.47 Å². The summed E-state index contributed by atoms with van der Waals surface area (Å²) in [4.78, 5) is 12.1. The smallest absolute Gasteiger partial charge is 0.234 e. The molecule has 0 spiro atoms. The van der Waals surface area contributed by atoms with E-state index in [0.717, 1.165) is 23.9 Å². The third-order valence-corrected chi connectivity index (χ3v) is 3.97. The van der Waals surface area contributed by atoms with Crippen LogP contribution in [0.2, 0.25) is 0 Å². The molecule has 0 aliphatic carbocycles. The first-order chi connectivity index (χ1) is 11.0. The Kier molecular flexibility index (Phi) is 5.81. The molecule has 0 aromatic heterocycles. The normalized spacial score (nSPS) is 10.3. The first kappa shape index (κ1) is 17.1. The van der Waals surface area contributed by atoms with E-state index in [0.29, 0.717) is 17.2 Å². The van der Waals surface area contributed by atoms with Crippen LogP contribution in [0.25, 0.3) is 0 Å². The number of ether oxygens (including phenoxy) is 2. The van der Waals surface area contributed by atoms with Crippen molar-refractivity contribution in [2.24, 2.45) is 0 Å². The van der Waals surface area contributed by atoms with E-state index in [1.54, 1.807) is 18.2 Å². The van der Waals surface area contributed by atoms with Crippen LogP contribution in [-0.4, -0.2) is 25.9 Å². The van der Waals surface area contributed by atoms with Crippen LogP contribution in [0.3, 0.4) is 0 Å². The van der Waals surface area contributed by atoms with Gasteiger partial charge in [0.2, 0.25) is 5.91 Å². The number of rotatable bonds is 6. The second kappa shape index (κ2) is 7.82. The van der Waals surface area contributed by atoms with Gasteiger partial charge < -0.3 is 14.8 Å². The highest BCUT2D eigenvalue weighted by molar-refractivity contribution is 8.00. The van der Waals surface area contributed by atoms with Gasteiger partial charge in [-0.1, -0.05) is 0 Å². The molecular formula is C16H15F2NO3S. The molecule has 1 N–H and O–H groups in total. The Balaban J connectivity index is 1.97. The molecule has 1 amide bonds. The summed E-state index contributed by atoms with van der Waals surface area (Å²) < 4.78 is 36.6. The number of nitrogens with one attached hydrogen (secondary N) is 1. The summed E-state index contributed by atoms with van der Waals surface area (Å²) >= 11 is 0.991. The SMILES string of the molecule is COc1ccc(NC(=O)CSc2ccc(F)cc2F)cc1OC. The number of halogens is 2. The van der Waals surface area contributed by atoms with Crippen molar-refractivity contribution in [2.75, 3.05) is 25.3 Å². The molecule has 0 unspecified atom stereocenters. The zero-order valence-corrected chi connectivity index (χ0v) is 13.4. The summed E-state index contributed by atoms with van der Waals surface area (Å²) in [5.41, 5.74) is 0.535. The lowest BCUT2D eigenvalue weighted by Crippen LogP contribution is -2.14. The van der Waals surface area contributed by atoms with Gasteiger partial charge in [-0.3, -0.25) is 4.79 Å². The standard InChI is InChI=1S/C16H15F2NO3S/c1-21-13-5-4-11(8-14(13)22-2)19-16(20)9-23-15-6-3-10(17)7-12(15)18/h3-8H,9H2,1-2H3,(H,19,20). The zero-order valence-electron chi connectivity index (χ0n) is 12.6. The molecule has 7 heteroatoms. The number of amides is 1. The minimum atomic E-state index is -0.686.